The van der Waals surface area contributed by atoms with Gasteiger partial charge in [0.25, 0.3) is 0 Å². The number of carbonyl (C=O) groups is 2. The van der Waals surface area contributed by atoms with Gasteiger partial charge in [0, 0.05) is 5.69 Å². The third kappa shape index (κ3) is 4.18. The molecule has 108 valence electrons. The minimum Gasteiger partial charge on any atom is -0.465 e. The molecule has 0 radical (unpaired) electrons. The van der Waals surface area contributed by atoms with Crippen molar-refractivity contribution in [1.29, 1.82) is 0 Å². The van der Waals surface area contributed by atoms with E-state index in [4.69, 9.17) is 0 Å². The van der Waals surface area contributed by atoms with Gasteiger partial charge in [-0.1, -0.05) is 35.9 Å². The molecule has 2 aromatic carbocycles. The first-order valence-corrected chi connectivity index (χ1v) is 6.62. The minimum atomic E-state index is -0.426. The zero-order valence-electron chi connectivity index (χ0n) is 12.1. The van der Waals surface area contributed by atoms with Gasteiger partial charge >= 0.3 is 5.97 Å². The molecule has 4 heteroatoms. The quantitative estimate of drug-likeness (QED) is 0.878. The number of ether oxygens (including phenoxy) is 1. The van der Waals surface area contributed by atoms with Crippen LogP contribution in [0.1, 0.15) is 21.5 Å². The van der Waals surface area contributed by atoms with Crippen molar-refractivity contribution in [3.8, 4) is 0 Å². The number of methoxy groups -OCH3 is 1. The van der Waals surface area contributed by atoms with Gasteiger partial charge in [-0.25, -0.2) is 4.79 Å². The molecule has 0 aliphatic heterocycles. The highest BCUT2D eigenvalue weighted by molar-refractivity contribution is 5.95. The van der Waals surface area contributed by atoms with Gasteiger partial charge in [0.1, 0.15) is 0 Å². The Morgan fingerprint density at radius 2 is 1.81 bits per heavy atom. The van der Waals surface area contributed by atoms with E-state index in [0.29, 0.717) is 17.7 Å². The maximum Gasteiger partial charge on any atom is 0.337 e. The molecular formula is C17H17NO3. The van der Waals surface area contributed by atoms with Crippen LogP contribution in [0.15, 0.2) is 48.5 Å². The standard InChI is InChI=1S/C17H17NO3/c1-12-6-8-13(9-7-12)10-16(19)18-15-5-3-4-14(11-15)17(20)21-2/h3-9,11H,10H2,1-2H3,(H,18,19). The Kier molecular flexibility index (Phi) is 4.72. The molecule has 0 heterocycles. The molecule has 2 aromatic rings. The highest BCUT2D eigenvalue weighted by Gasteiger charge is 2.08. The first-order valence-electron chi connectivity index (χ1n) is 6.62. The summed E-state index contributed by atoms with van der Waals surface area (Å²) in [6.45, 7) is 2.00. The van der Waals surface area contributed by atoms with Crippen LogP contribution in [0, 0.1) is 6.92 Å². The van der Waals surface area contributed by atoms with Crippen LogP contribution in [-0.4, -0.2) is 19.0 Å². The lowest BCUT2D eigenvalue weighted by Crippen LogP contribution is -2.14. The fraction of sp³-hybridized carbons (Fsp3) is 0.176. The molecule has 0 bridgehead atoms. The minimum absolute atomic E-state index is 0.124. The number of amides is 1. The highest BCUT2D eigenvalue weighted by Crippen LogP contribution is 2.12. The Balaban J connectivity index is 2.02. The molecule has 0 spiro atoms. The van der Waals surface area contributed by atoms with Crippen LogP contribution in [0.25, 0.3) is 0 Å². The van der Waals surface area contributed by atoms with Crippen molar-refractivity contribution in [1.82, 2.24) is 0 Å². The summed E-state index contributed by atoms with van der Waals surface area (Å²) in [6.07, 6.45) is 0.294. The van der Waals surface area contributed by atoms with Crippen LogP contribution >= 0.6 is 0 Å². The van der Waals surface area contributed by atoms with Crippen LogP contribution in [-0.2, 0) is 16.0 Å². The van der Waals surface area contributed by atoms with Crippen LogP contribution in [0.4, 0.5) is 5.69 Å². The predicted molar refractivity (Wildman–Crippen MR) is 81.3 cm³/mol. The second-order valence-corrected chi connectivity index (χ2v) is 4.78. The van der Waals surface area contributed by atoms with E-state index in [0.717, 1.165) is 11.1 Å². The maximum absolute atomic E-state index is 12.0. The topological polar surface area (TPSA) is 55.4 Å². The largest absolute Gasteiger partial charge is 0.465 e. The van der Waals surface area contributed by atoms with Gasteiger partial charge in [-0.3, -0.25) is 4.79 Å². The van der Waals surface area contributed by atoms with Crippen molar-refractivity contribution >= 4 is 17.6 Å². The van der Waals surface area contributed by atoms with Crippen molar-refractivity contribution in [2.24, 2.45) is 0 Å². The smallest absolute Gasteiger partial charge is 0.337 e. The van der Waals surface area contributed by atoms with Crippen LogP contribution in [0.2, 0.25) is 0 Å². The zero-order valence-corrected chi connectivity index (χ0v) is 12.1. The van der Waals surface area contributed by atoms with Crippen molar-refractivity contribution < 1.29 is 14.3 Å². The van der Waals surface area contributed by atoms with E-state index in [2.05, 4.69) is 10.1 Å². The molecule has 0 aromatic heterocycles. The number of aryl methyl sites for hydroxylation is 1. The number of nitrogens with one attached hydrogen (secondary N) is 1. The molecule has 1 N–H and O–H groups in total. The number of esters is 1. The summed E-state index contributed by atoms with van der Waals surface area (Å²) in [5, 5.41) is 2.78. The van der Waals surface area contributed by atoms with Gasteiger partial charge in [0.15, 0.2) is 0 Å². The number of rotatable bonds is 4. The Bertz CT molecular complexity index is 647. The molecule has 0 unspecified atom stereocenters. The van der Waals surface area contributed by atoms with Gasteiger partial charge in [-0.15, -0.1) is 0 Å². The molecule has 0 aliphatic carbocycles. The van der Waals surface area contributed by atoms with Crippen molar-refractivity contribution in [2.45, 2.75) is 13.3 Å². The van der Waals surface area contributed by atoms with Gasteiger partial charge in [-0.2, -0.15) is 0 Å². The first kappa shape index (κ1) is 14.8. The SMILES string of the molecule is COC(=O)c1cccc(NC(=O)Cc2ccc(C)cc2)c1. The molecular weight excluding hydrogens is 266 g/mol. The van der Waals surface area contributed by atoms with E-state index in [1.54, 1.807) is 24.3 Å². The van der Waals surface area contributed by atoms with E-state index in [1.165, 1.54) is 7.11 Å². The fourth-order valence-corrected chi connectivity index (χ4v) is 1.94. The number of carbonyl (C=O) groups excluding carboxylic acids is 2. The second kappa shape index (κ2) is 6.70. The second-order valence-electron chi connectivity index (χ2n) is 4.78. The molecule has 0 saturated heterocycles. The van der Waals surface area contributed by atoms with Crippen molar-refractivity contribution in [2.75, 3.05) is 12.4 Å². The molecule has 0 aliphatic rings. The third-order valence-corrected chi connectivity index (χ3v) is 3.05. The summed E-state index contributed by atoms with van der Waals surface area (Å²) in [5.41, 5.74) is 3.09. The summed E-state index contributed by atoms with van der Waals surface area (Å²) >= 11 is 0. The number of hydrogen-bond donors (Lipinski definition) is 1. The molecule has 2 rings (SSSR count). The lowest BCUT2D eigenvalue weighted by Gasteiger charge is -2.07. The van der Waals surface area contributed by atoms with E-state index in [9.17, 15) is 9.59 Å². The average molecular weight is 283 g/mol. The van der Waals surface area contributed by atoms with Crippen LogP contribution < -0.4 is 5.32 Å². The van der Waals surface area contributed by atoms with E-state index in [-0.39, 0.29) is 5.91 Å². The average Bonchev–Trinajstić information content (AvgIpc) is 2.49. The van der Waals surface area contributed by atoms with Gasteiger partial charge in [0.2, 0.25) is 5.91 Å². The first-order chi connectivity index (χ1) is 10.1. The predicted octanol–water partition coefficient (Wildman–Crippen LogP) is 2.96. The lowest BCUT2D eigenvalue weighted by atomic mass is 10.1. The highest BCUT2D eigenvalue weighted by atomic mass is 16.5. The summed E-state index contributed by atoms with van der Waals surface area (Å²) in [7, 11) is 1.32. The van der Waals surface area contributed by atoms with Gasteiger partial charge < -0.3 is 10.1 Å². The third-order valence-electron chi connectivity index (χ3n) is 3.05. The van der Waals surface area contributed by atoms with Crippen LogP contribution in [0.5, 0.6) is 0 Å². The summed E-state index contributed by atoms with van der Waals surface area (Å²) < 4.78 is 4.65. The molecule has 0 saturated carbocycles. The molecule has 0 fully saturated rings. The Morgan fingerprint density at radius 1 is 1.10 bits per heavy atom. The monoisotopic (exact) mass is 283 g/mol. The Labute approximate surface area is 123 Å². The molecule has 4 nitrogen and oxygen atoms in total. The molecule has 1 amide bonds. The van der Waals surface area contributed by atoms with Crippen LogP contribution in [0.3, 0.4) is 0 Å². The van der Waals surface area contributed by atoms with Crippen molar-refractivity contribution in [3.05, 3.63) is 65.2 Å². The summed E-state index contributed by atoms with van der Waals surface area (Å²) in [6, 6.07) is 14.5. The molecule has 0 atom stereocenters. The van der Waals surface area contributed by atoms with Gasteiger partial charge in [-0.05, 0) is 30.7 Å². The van der Waals surface area contributed by atoms with Crippen molar-refractivity contribution in [3.63, 3.8) is 0 Å². The Morgan fingerprint density at radius 3 is 2.48 bits per heavy atom. The normalized spacial score (nSPS) is 10.0. The number of benzene rings is 2. The van der Waals surface area contributed by atoms with Gasteiger partial charge in [0.05, 0.1) is 19.1 Å². The summed E-state index contributed by atoms with van der Waals surface area (Å²) in [5.74, 6) is -0.550. The van der Waals surface area contributed by atoms with E-state index >= 15 is 0 Å². The molecule has 21 heavy (non-hydrogen) atoms. The fourth-order valence-electron chi connectivity index (χ4n) is 1.94. The maximum atomic E-state index is 12.0. The van der Waals surface area contributed by atoms with E-state index < -0.39 is 5.97 Å². The number of anilines is 1. The zero-order chi connectivity index (χ0) is 15.2. The lowest BCUT2D eigenvalue weighted by molar-refractivity contribution is -0.115. The van der Waals surface area contributed by atoms with E-state index in [1.807, 2.05) is 31.2 Å². The summed E-state index contributed by atoms with van der Waals surface area (Å²) in [4.78, 5) is 23.4. The number of hydrogen-bond acceptors (Lipinski definition) is 3. The Hall–Kier alpha value is -2.62.